The Morgan fingerprint density at radius 3 is 3.06 bits per heavy atom. The van der Waals surface area contributed by atoms with Crippen molar-refractivity contribution in [3.8, 4) is 0 Å². The molecule has 0 aliphatic heterocycles. The molecule has 5 heteroatoms. The molecule has 1 heterocycles. The second kappa shape index (κ2) is 6.12. The van der Waals surface area contributed by atoms with E-state index < -0.39 is 0 Å². The zero-order valence-corrected chi connectivity index (χ0v) is 12.0. The van der Waals surface area contributed by atoms with E-state index in [-0.39, 0.29) is 0 Å². The molecule has 0 bridgehead atoms. The zero-order chi connectivity index (χ0) is 12.3. The Morgan fingerprint density at radius 1 is 1.59 bits per heavy atom. The third kappa shape index (κ3) is 3.18. The van der Waals surface area contributed by atoms with Crippen molar-refractivity contribution >= 4 is 23.4 Å². The number of imidazole rings is 1. The van der Waals surface area contributed by atoms with Gasteiger partial charge in [-0.05, 0) is 18.6 Å². The summed E-state index contributed by atoms with van der Waals surface area (Å²) in [5.41, 5.74) is 0. The molecule has 0 saturated heterocycles. The molecule has 2 atom stereocenters. The first-order chi connectivity index (χ1) is 8.22. The maximum atomic E-state index is 5.97. The van der Waals surface area contributed by atoms with Crippen LogP contribution in [-0.2, 0) is 13.6 Å². The molecular formula is C12H20ClN3S. The van der Waals surface area contributed by atoms with E-state index in [9.17, 15) is 0 Å². The third-order valence-electron chi connectivity index (χ3n) is 3.38. The minimum atomic E-state index is 0.635. The van der Waals surface area contributed by atoms with Gasteiger partial charge in [0.25, 0.3) is 0 Å². The van der Waals surface area contributed by atoms with Gasteiger partial charge in [0, 0.05) is 18.3 Å². The fourth-order valence-electron chi connectivity index (χ4n) is 2.38. The summed E-state index contributed by atoms with van der Waals surface area (Å²) < 4.78 is 1.94. The lowest BCUT2D eigenvalue weighted by molar-refractivity contribution is 0.514. The van der Waals surface area contributed by atoms with Crippen LogP contribution in [0.15, 0.2) is 6.20 Å². The van der Waals surface area contributed by atoms with E-state index in [1.807, 2.05) is 11.6 Å². The normalized spacial score (nSPS) is 24.4. The van der Waals surface area contributed by atoms with Crippen LogP contribution in [0.25, 0.3) is 0 Å². The summed E-state index contributed by atoms with van der Waals surface area (Å²) in [4.78, 5) is 4.31. The highest BCUT2D eigenvalue weighted by atomic mass is 35.5. The van der Waals surface area contributed by atoms with Gasteiger partial charge >= 0.3 is 0 Å². The molecule has 0 radical (unpaired) electrons. The van der Waals surface area contributed by atoms with Crippen LogP contribution in [0.4, 0.5) is 0 Å². The second-order valence-electron chi connectivity index (χ2n) is 4.47. The van der Waals surface area contributed by atoms with Crippen molar-refractivity contribution in [2.75, 3.05) is 5.75 Å². The number of nitrogens with one attached hydrogen (secondary N) is 1. The molecule has 2 unspecified atom stereocenters. The predicted octanol–water partition coefficient (Wildman–Crippen LogP) is 2.84. The zero-order valence-electron chi connectivity index (χ0n) is 10.4. The van der Waals surface area contributed by atoms with Gasteiger partial charge in [0.05, 0.1) is 12.7 Å². The number of thioether (sulfide) groups is 1. The van der Waals surface area contributed by atoms with Crippen LogP contribution >= 0.6 is 23.4 Å². The number of rotatable bonds is 5. The van der Waals surface area contributed by atoms with Crippen LogP contribution in [-0.4, -0.2) is 26.6 Å². The van der Waals surface area contributed by atoms with Crippen LogP contribution in [0.5, 0.6) is 0 Å². The molecular weight excluding hydrogens is 254 g/mol. The summed E-state index contributed by atoms with van der Waals surface area (Å²) in [6, 6.07) is 0.635. The van der Waals surface area contributed by atoms with Gasteiger partial charge in [0.2, 0.25) is 0 Å². The lowest BCUT2D eigenvalue weighted by Gasteiger charge is -2.20. The van der Waals surface area contributed by atoms with Crippen LogP contribution in [0.1, 0.15) is 32.0 Å². The lowest BCUT2D eigenvalue weighted by Crippen LogP contribution is -2.34. The molecule has 1 aliphatic rings. The van der Waals surface area contributed by atoms with Crippen LogP contribution in [0.3, 0.4) is 0 Å². The molecule has 1 aliphatic carbocycles. The summed E-state index contributed by atoms with van der Waals surface area (Å²) in [6.07, 6.45) is 5.69. The Balaban J connectivity index is 1.87. The fourth-order valence-corrected chi connectivity index (χ4v) is 3.76. The number of hydrogen-bond donors (Lipinski definition) is 1. The minimum Gasteiger partial charge on any atom is -0.321 e. The first kappa shape index (κ1) is 13.2. The van der Waals surface area contributed by atoms with Gasteiger partial charge in [-0.25, -0.2) is 4.98 Å². The van der Waals surface area contributed by atoms with Gasteiger partial charge in [-0.15, -0.1) is 0 Å². The Labute approximate surface area is 112 Å². The van der Waals surface area contributed by atoms with Crippen molar-refractivity contribution in [2.24, 2.45) is 7.05 Å². The average molecular weight is 274 g/mol. The maximum Gasteiger partial charge on any atom is 0.128 e. The molecule has 1 aromatic rings. The highest BCUT2D eigenvalue weighted by molar-refractivity contribution is 7.99. The van der Waals surface area contributed by atoms with E-state index in [1.54, 1.807) is 6.20 Å². The van der Waals surface area contributed by atoms with Crippen LogP contribution < -0.4 is 5.32 Å². The molecule has 0 aromatic carbocycles. The molecule has 0 amide bonds. The molecule has 1 aromatic heterocycles. The highest BCUT2D eigenvalue weighted by Crippen LogP contribution is 2.30. The van der Waals surface area contributed by atoms with Crippen molar-refractivity contribution in [3.05, 3.63) is 17.2 Å². The molecule has 0 spiro atoms. The number of halogens is 1. The van der Waals surface area contributed by atoms with Crippen molar-refractivity contribution < 1.29 is 0 Å². The molecule has 17 heavy (non-hydrogen) atoms. The number of hydrogen-bond acceptors (Lipinski definition) is 3. The summed E-state index contributed by atoms with van der Waals surface area (Å²) in [5, 5.41) is 5.10. The minimum absolute atomic E-state index is 0.635. The summed E-state index contributed by atoms with van der Waals surface area (Å²) in [6.45, 7) is 3.05. The van der Waals surface area contributed by atoms with Crippen molar-refractivity contribution in [2.45, 2.75) is 44.0 Å². The van der Waals surface area contributed by atoms with Gasteiger partial charge in [0.1, 0.15) is 11.0 Å². The third-order valence-corrected chi connectivity index (χ3v) is 5.06. The topological polar surface area (TPSA) is 29.9 Å². The quantitative estimate of drug-likeness (QED) is 0.895. The fraction of sp³-hybridized carbons (Fsp3) is 0.750. The van der Waals surface area contributed by atoms with Gasteiger partial charge < -0.3 is 9.88 Å². The Hall–Kier alpha value is -0.190. The Bertz CT molecular complexity index is 367. The highest BCUT2D eigenvalue weighted by Gasteiger charge is 2.26. The van der Waals surface area contributed by atoms with Crippen LogP contribution in [0.2, 0.25) is 5.15 Å². The monoisotopic (exact) mass is 273 g/mol. The molecule has 1 fully saturated rings. The Kier molecular flexibility index (Phi) is 4.77. The molecule has 2 rings (SSSR count). The summed E-state index contributed by atoms with van der Waals surface area (Å²) >= 11 is 8.05. The van der Waals surface area contributed by atoms with Gasteiger partial charge in [0.15, 0.2) is 0 Å². The van der Waals surface area contributed by atoms with Gasteiger partial charge in [-0.2, -0.15) is 11.8 Å². The first-order valence-corrected chi connectivity index (χ1v) is 7.66. The van der Waals surface area contributed by atoms with E-state index >= 15 is 0 Å². The molecule has 3 nitrogen and oxygen atoms in total. The summed E-state index contributed by atoms with van der Waals surface area (Å²) in [5.74, 6) is 2.22. The average Bonchev–Trinajstić information content (AvgIpc) is 2.87. The molecule has 1 saturated carbocycles. The van der Waals surface area contributed by atoms with Crippen molar-refractivity contribution in [1.29, 1.82) is 0 Å². The van der Waals surface area contributed by atoms with Crippen molar-refractivity contribution in [3.63, 3.8) is 0 Å². The van der Waals surface area contributed by atoms with Crippen molar-refractivity contribution in [1.82, 2.24) is 14.9 Å². The Morgan fingerprint density at radius 2 is 2.41 bits per heavy atom. The summed E-state index contributed by atoms with van der Waals surface area (Å²) in [7, 11) is 1.96. The maximum absolute atomic E-state index is 5.97. The molecule has 1 N–H and O–H groups in total. The standard InChI is InChI=1S/C12H20ClN3S/c1-3-17-10-6-4-5-9(10)14-8-12-15-7-11(13)16(12)2/h7,9-10,14H,3-6,8H2,1-2H3. The number of nitrogens with zero attached hydrogens (tertiary/aromatic N) is 2. The smallest absolute Gasteiger partial charge is 0.128 e. The first-order valence-electron chi connectivity index (χ1n) is 6.23. The predicted molar refractivity (Wildman–Crippen MR) is 74.6 cm³/mol. The van der Waals surface area contributed by atoms with Gasteiger partial charge in [-0.1, -0.05) is 24.9 Å². The van der Waals surface area contributed by atoms with E-state index in [0.717, 1.165) is 17.6 Å². The SMILES string of the molecule is CCSC1CCCC1NCc1ncc(Cl)n1C. The lowest BCUT2D eigenvalue weighted by atomic mass is 10.2. The largest absolute Gasteiger partial charge is 0.321 e. The van der Waals surface area contributed by atoms with E-state index in [1.165, 1.54) is 25.0 Å². The van der Waals surface area contributed by atoms with Crippen LogP contribution in [0, 0.1) is 0 Å². The van der Waals surface area contributed by atoms with E-state index in [2.05, 4.69) is 29.0 Å². The number of aromatic nitrogens is 2. The van der Waals surface area contributed by atoms with E-state index in [0.29, 0.717) is 11.2 Å². The van der Waals surface area contributed by atoms with Gasteiger partial charge in [-0.3, -0.25) is 0 Å². The van der Waals surface area contributed by atoms with E-state index in [4.69, 9.17) is 11.6 Å². The second-order valence-corrected chi connectivity index (χ2v) is 6.37. The molecule has 96 valence electrons.